The van der Waals surface area contributed by atoms with E-state index in [0.29, 0.717) is 6.42 Å². The predicted octanol–water partition coefficient (Wildman–Crippen LogP) is 0.568. The lowest BCUT2D eigenvalue weighted by atomic mass is 9.99. The zero-order chi connectivity index (χ0) is 15.8. The number of nitrogen functional groups attached to an aromatic ring is 1. The fourth-order valence-corrected chi connectivity index (χ4v) is 4.09. The Labute approximate surface area is 122 Å². The maximum absolute atomic E-state index is 12.6. The van der Waals surface area contributed by atoms with Gasteiger partial charge in [0.2, 0.25) is 10.0 Å². The Morgan fingerprint density at radius 1 is 1.48 bits per heavy atom. The van der Waals surface area contributed by atoms with Gasteiger partial charge in [0, 0.05) is 24.8 Å². The molecule has 0 aromatic heterocycles. The van der Waals surface area contributed by atoms with Gasteiger partial charge in [-0.05, 0) is 24.5 Å². The summed E-state index contributed by atoms with van der Waals surface area (Å²) >= 11 is 0. The molecule has 0 spiro atoms. The number of anilines is 1. The SMILES string of the molecule is CC1CN(S(=O)(=O)c2cc(N)ccc2[N+](=O)[O-])CCC1O. The number of hydrogen-bond acceptors (Lipinski definition) is 6. The lowest BCUT2D eigenvalue weighted by molar-refractivity contribution is -0.387. The van der Waals surface area contributed by atoms with E-state index >= 15 is 0 Å². The van der Waals surface area contributed by atoms with Crippen LogP contribution in [-0.4, -0.2) is 41.9 Å². The van der Waals surface area contributed by atoms with Gasteiger partial charge < -0.3 is 10.8 Å². The molecule has 1 aromatic rings. The molecule has 0 bridgehead atoms. The van der Waals surface area contributed by atoms with Crippen molar-refractivity contribution >= 4 is 21.4 Å². The summed E-state index contributed by atoms with van der Waals surface area (Å²) in [5, 5.41) is 20.7. The van der Waals surface area contributed by atoms with Gasteiger partial charge in [-0.1, -0.05) is 6.92 Å². The lowest BCUT2D eigenvalue weighted by Crippen LogP contribution is -2.44. The first-order chi connectivity index (χ1) is 9.73. The molecular weight excluding hydrogens is 298 g/mol. The highest BCUT2D eigenvalue weighted by Crippen LogP contribution is 2.31. The Morgan fingerprint density at radius 2 is 2.14 bits per heavy atom. The maximum atomic E-state index is 12.6. The predicted molar refractivity (Wildman–Crippen MR) is 76.1 cm³/mol. The topological polar surface area (TPSA) is 127 Å². The van der Waals surface area contributed by atoms with Gasteiger partial charge in [0.15, 0.2) is 4.90 Å². The molecule has 1 saturated heterocycles. The van der Waals surface area contributed by atoms with Crippen molar-refractivity contribution in [1.29, 1.82) is 0 Å². The molecule has 0 radical (unpaired) electrons. The van der Waals surface area contributed by atoms with Crippen molar-refractivity contribution in [2.45, 2.75) is 24.3 Å². The first-order valence-corrected chi connectivity index (χ1v) is 7.89. The van der Waals surface area contributed by atoms with E-state index in [4.69, 9.17) is 5.73 Å². The van der Waals surface area contributed by atoms with Crippen LogP contribution in [0.5, 0.6) is 0 Å². The zero-order valence-corrected chi connectivity index (χ0v) is 12.3. The van der Waals surface area contributed by atoms with Crippen molar-refractivity contribution in [2.24, 2.45) is 5.92 Å². The third-order valence-electron chi connectivity index (χ3n) is 3.62. The summed E-state index contributed by atoms with van der Waals surface area (Å²) < 4.78 is 26.4. The van der Waals surface area contributed by atoms with Crippen LogP contribution in [0.2, 0.25) is 0 Å². The van der Waals surface area contributed by atoms with Gasteiger partial charge in [0.1, 0.15) is 0 Å². The highest BCUT2D eigenvalue weighted by atomic mass is 32.2. The molecule has 1 aliphatic heterocycles. The van der Waals surface area contributed by atoms with Gasteiger partial charge in [-0.25, -0.2) is 8.42 Å². The molecule has 2 rings (SSSR count). The van der Waals surface area contributed by atoms with E-state index in [0.717, 1.165) is 16.4 Å². The van der Waals surface area contributed by atoms with Gasteiger partial charge >= 0.3 is 0 Å². The normalized spacial score (nSPS) is 23.9. The van der Waals surface area contributed by atoms with Crippen molar-refractivity contribution in [3.05, 3.63) is 28.3 Å². The van der Waals surface area contributed by atoms with Gasteiger partial charge in [0.05, 0.1) is 11.0 Å². The molecule has 1 heterocycles. The lowest BCUT2D eigenvalue weighted by Gasteiger charge is -2.33. The van der Waals surface area contributed by atoms with Crippen molar-refractivity contribution in [3.8, 4) is 0 Å². The van der Waals surface area contributed by atoms with E-state index in [2.05, 4.69) is 0 Å². The summed E-state index contributed by atoms with van der Waals surface area (Å²) in [5.74, 6) is -0.228. The van der Waals surface area contributed by atoms with Crippen LogP contribution >= 0.6 is 0 Å². The molecule has 8 nitrogen and oxygen atoms in total. The second-order valence-electron chi connectivity index (χ2n) is 5.18. The smallest absolute Gasteiger partial charge is 0.289 e. The molecule has 0 amide bonds. The number of nitro benzene ring substituents is 1. The molecule has 9 heteroatoms. The number of nitrogens with two attached hydrogens (primary N) is 1. The molecule has 1 aliphatic rings. The fourth-order valence-electron chi connectivity index (χ4n) is 2.34. The summed E-state index contributed by atoms with van der Waals surface area (Å²) in [6.07, 6.45) is -0.261. The summed E-state index contributed by atoms with van der Waals surface area (Å²) in [7, 11) is -4.02. The number of hydrogen-bond donors (Lipinski definition) is 2. The highest BCUT2D eigenvalue weighted by molar-refractivity contribution is 7.89. The number of nitrogens with zero attached hydrogens (tertiary/aromatic N) is 2. The maximum Gasteiger partial charge on any atom is 0.289 e. The molecule has 0 saturated carbocycles. The Balaban J connectivity index is 2.45. The largest absolute Gasteiger partial charge is 0.399 e. The number of rotatable bonds is 3. The molecule has 21 heavy (non-hydrogen) atoms. The first-order valence-electron chi connectivity index (χ1n) is 6.45. The number of benzene rings is 1. The quantitative estimate of drug-likeness (QED) is 0.477. The van der Waals surface area contributed by atoms with Crippen molar-refractivity contribution in [3.63, 3.8) is 0 Å². The third kappa shape index (κ3) is 2.99. The molecule has 3 N–H and O–H groups in total. The minimum absolute atomic E-state index is 0.120. The Morgan fingerprint density at radius 3 is 2.71 bits per heavy atom. The van der Waals surface area contributed by atoms with E-state index in [-0.39, 0.29) is 24.7 Å². The number of aliphatic hydroxyl groups excluding tert-OH is 1. The first kappa shape index (κ1) is 15.7. The van der Waals surface area contributed by atoms with Crippen LogP contribution < -0.4 is 5.73 Å². The molecule has 116 valence electrons. The summed E-state index contributed by atoms with van der Waals surface area (Å²) in [5.41, 5.74) is 5.20. The molecule has 2 atom stereocenters. The molecule has 0 aliphatic carbocycles. The van der Waals surface area contributed by atoms with Gasteiger partial charge in [-0.3, -0.25) is 10.1 Å². The van der Waals surface area contributed by atoms with Crippen LogP contribution in [-0.2, 0) is 10.0 Å². The highest BCUT2D eigenvalue weighted by Gasteiger charge is 2.36. The van der Waals surface area contributed by atoms with Gasteiger partial charge in [0.25, 0.3) is 5.69 Å². The van der Waals surface area contributed by atoms with Crippen LogP contribution in [0.15, 0.2) is 23.1 Å². The molecule has 1 aromatic carbocycles. The molecule has 1 fully saturated rings. The third-order valence-corrected chi connectivity index (χ3v) is 5.52. The van der Waals surface area contributed by atoms with Crippen molar-refractivity contribution < 1.29 is 18.4 Å². The van der Waals surface area contributed by atoms with Crippen molar-refractivity contribution in [2.75, 3.05) is 18.8 Å². The van der Waals surface area contributed by atoms with Gasteiger partial charge in [-0.2, -0.15) is 4.31 Å². The minimum atomic E-state index is -4.02. The van der Waals surface area contributed by atoms with Crippen LogP contribution in [0.3, 0.4) is 0 Å². The molecular formula is C12H17N3O5S. The van der Waals surface area contributed by atoms with Crippen LogP contribution in [0.1, 0.15) is 13.3 Å². The van der Waals surface area contributed by atoms with E-state index in [1.165, 1.54) is 6.07 Å². The van der Waals surface area contributed by atoms with E-state index in [9.17, 15) is 23.6 Å². The molecule has 2 unspecified atom stereocenters. The number of nitro groups is 1. The monoisotopic (exact) mass is 315 g/mol. The van der Waals surface area contributed by atoms with Gasteiger partial charge in [-0.15, -0.1) is 0 Å². The second-order valence-corrected chi connectivity index (χ2v) is 7.09. The summed E-state index contributed by atoms with van der Waals surface area (Å²) in [6.45, 7) is 1.98. The Kier molecular flexibility index (Phi) is 4.17. The fraction of sp³-hybridized carbons (Fsp3) is 0.500. The standard InChI is InChI=1S/C12H17N3O5S/c1-8-7-14(5-4-11(8)16)21(19,20)12-6-9(13)2-3-10(12)15(17)18/h2-3,6,8,11,16H,4-5,7,13H2,1H3. The van der Waals surface area contributed by atoms with Crippen molar-refractivity contribution in [1.82, 2.24) is 4.31 Å². The van der Waals surface area contributed by atoms with Crippen LogP contribution in [0, 0.1) is 16.0 Å². The van der Waals surface area contributed by atoms with Crippen LogP contribution in [0.4, 0.5) is 11.4 Å². The average Bonchev–Trinajstić information content (AvgIpc) is 2.41. The number of sulfonamides is 1. The minimum Gasteiger partial charge on any atom is -0.399 e. The van der Waals surface area contributed by atoms with E-state index < -0.39 is 31.6 Å². The second kappa shape index (κ2) is 5.58. The van der Waals surface area contributed by atoms with E-state index in [1.54, 1.807) is 6.92 Å². The van der Waals surface area contributed by atoms with E-state index in [1.807, 2.05) is 0 Å². The number of aliphatic hydroxyl groups is 1. The Bertz CT molecular complexity index is 661. The average molecular weight is 315 g/mol. The van der Waals surface area contributed by atoms with Crippen LogP contribution in [0.25, 0.3) is 0 Å². The summed E-state index contributed by atoms with van der Waals surface area (Å²) in [4.78, 5) is 9.87. The summed E-state index contributed by atoms with van der Waals surface area (Å²) in [6, 6.07) is 3.48. The number of piperidine rings is 1. The Hall–Kier alpha value is -1.71. The zero-order valence-electron chi connectivity index (χ0n) is 11.5.